The third-order valence-corrected chi connectivity index (χ3v) is 6.46. The minimum absolute atomic E-state index is 0.201. The summed E-state index contributed by atoms with van der Waals surface area (Å²) in [6.45, 7) is 0.789. The van der Waals surface area contributed by atoms with E-state index in [2.05, 4.69) is 48.9 Å². The molecule has 3 aromatic rings. The quantitative estimate of drug-likeness (QED) is 0.472. The first-order valence-corrected chi connectivity index (χ1v) is 10.6. The van der Waals surface area contributed by atoms with Crippen molar-refractivity contribution in [1.82, 2.24) is 24.6 Å². The molecule has 1 fully saturated rings. The van der Waals surface area contributed by atoms with Gasteiger partial charge in [0.15, 0.2) is 5.82 Å². The van der Waals surface area contributed by atoms with E-state index < -0.39 is 0 Å². The van der Waals surface area contributed by atoms with Crippen LogP contribution in [-0.4, -0.2) is 37.8 Å². The molecule has 0 radical (unpaired) electrons. The van der Waals surface area contributed by atoms with E-state index in [9.17, 15) is 0 Å². The second-order valence-corrected chi connectivity index (χ2v) is 8.30. The van der Waals surface area contributed by atoms with E-state index in [-0.39, 0.29) is 11.6 Å². The van der Waals surface area contributed by atoms with Crippen molar-refractivity contribution >= 4 is 11.6 Å². The van der Waals surface area contributed by atoms with E-state index in [1.54, 1.807) is 6.20 Å². The molecule has 150 valence electrons. The van der Waals surface area contributed by atoms with Gasteiger partial charge in [-0.25, -0.2) is 4.98 Å². The lowest BCUT2D eigenvalue weighted by Crippen LogP contribution is -2.25. The van der Waals surface area contributed by atoms with E-state index in [4.69, 9.17) is 16.3 Å². The first-order valence-electron chi connectivity index (χ1n) is 10.2. The van der Waals surface area contributed by atoms with Crippen molar-refractivity contribution in [2.24, 2.45) is 0 Å². The van der Waals surface area contributed by atoms with E-state index in [1.807, 2.05) is 25.2 Å². The van der Waals surface area contributed by atoms with Gasteiger partial charge in [0.05, 0.1) is 5.69 Å². The number of hydrogen-bond donors (Lipinski definition) is 0. The topological polar surface area (TPSA) is 56.1 Å². The van der Waals surface area contributed by atoms with Crippen LogP contribution in [0.15, 0.2) is 48.7 Å². The minimum atomic E-state index is -0.299. The molecule has 1 aliphatic carbocycles. The Morgan fingerprint density at radius 2 is 1.72 bits per heavy atom. The number of nitrogens with zero attached hydrogens (tertiary/aromatic N) is 5. The molecule has 29 heavy (non-hydrogen) atoms. The monoisotopic (exact) mass is 409 g/mol. The molecule has 1 unspecified atom stereocenters. The summed E-state index contributed by atoms with van der Waals surface area (Å²) >= 11 is 6.73. The second-order valence-electron chi connectivity index (χ2n) is 7.89. The fraction of sp³-hybridized carbons (Fsp3) is 0.409. The average Bonchev–Trinajstić information content (AvgIpc) is 3.15. The standard InChI is InChI=1S/C22H24ClN5O/c1-27-14-16-6-2-3-7-18(16)28-21(25-26-22(28)20(27)23)15-9-11-17(12-10-15)29-19-8-4-5-13-24-19/h2-8,13,15,17,20H,9-12,14H2,1H3. The smallest absolute Gasteiger partial charge is 0.213 e. The summed E-state index contributed by atoms with van der Waals surface area (Å²) in [5, 5.41) is 9.11. The highest BCUT2D eigenvalue weighted by Gasteiger charge is 2.33. The molecular formula is C22H24ClN5O. The summed E-state index contributed by atoms with van der Waals surface area (Å²) < 4.78 is 8.25. The lowest BCUT2D eigenvalue weighted by atomic mass is 9.86. The Bertz CT molecular complexity index is 984. The number of para-hydroxylation sites is 1. The van der Waals surface area contributed by atoms with Crippen molar-refractivity contribution in [2.75, 3.05) is 7.05 Å². The van der Waals surface area contributed by atoms with E-state index in [0.717, 1.165) is 49.6 Å². The fourth-order valence-electron chi connectivity index (χ4n) is 4.41. The van der Waals surface area contributed by atoms with Gasteiger partial charge in [0.2, 0.25) is 5.88 Å². The third kappa shape index (κ3) is 3.51. The van der Waals surface area contributed by atoms with Gasteiger partial charge in [-0.2, -0.15) is 0 Å². The molecule has 3 heterocycles. The van der Waals surface area contributed by atoms with Gasteiger partial charge in [0.25, 0.3) is 0 Å². The Morgan fingerprint density at radius 1 is 0.966 bits per heavy atom. The van der Waals surface area contributed by atoms with Gasteiger partial charge in [0, 0.05) is 24.7 Å². The molecule has 0 amide bonds. The summed E-state index contributed by atoms with van der Waals surface area (Å²) in [6, 6.07) is 14.2. The van der Waals surface area contributed by atoms with Crippen molar-refractivity contribution in [3.8, 4) is 11.6 Å². The molecule has 1 atom stereocenters. The molecular weight excluding hydrogens is 386 g/mol. The second kappa shape index (κ2) is 7.76. The zero-order chi connectivity index (χ0) is 19.8. The lowest BCUT2D eigenvalue weighted by molar-refractivity contribution is 0.139. The first kappa shape index (κ1) is 18.6. The van der Waals surface area contributed by atoms with Crippen molar-refractivity contribution in [2.45, 2.75) is 49.8 Å². The highest BCUT2D eigenvalue weighted by Crippen LogP contribution is 2.39. The van der Waals surface area contributed by atoms with Crippen LogP contribution in [0.1, 0.15) is 54.3 Å². The molecule has 0 spiro atoms. The maximum absolute atomic E-state index is 6.73. The Labute approximate surface area is 175 Å². The summed E-state index contributed by atoms with van der Waals surface area (Å²) in [5.41, 5.74) is 2.09. The number of halogens is 1. The molecule has 1 saturated carbocycles. The predicted octanol–water partition coefficient (Wildman–Crippen LogP) is 4.45. The van der Waals surface area contributed by atoms with Crippen LogP contribution in [0.5, 0.6) is 5.88 Å². The van der Waals surface area contributed by atoms with Crippen molar-refractivity contribution in [1.29, 1.82) is 0 Å². The highest BCUT2D eigenvalue weighted by molar-refractivity contribution is 6.20. The van der Waals surface area contributed by atoms with Gasteiger partial charge in [-0.1, -0.05) is 35.9 Å². The van der Waals surface area contributed by atoms with Crippen LogP contribution < -0.4 is 4.74 Å². The summed E-state index contributed by atoms with van der Waals surface area (Å²) in [7, 11) is 2.03. The Hall–Kier alpha value is -2.44. The maximum Gasteiger partial charge on any atom is 0.213 e. The van der Waals surface area contributed by atoms with Gasteiger partial charge < -0.3 is 4.74 Å². The molecule has 2 aromatic heterocycles. The van der Waals surface area contributed by atoms with E-state index >= 15 is 0 Å². The van der Waals surface area contributed by atoms with Crippen LogP contribution in [0, 0.1) is 0 Å². The normalized spacial score (nSPS) is 24.4. The number of pyridine rings is 1. The summed E-state index contributed by atoms with van der Waals surface area (Å²) in [6.07, 6.45) is 5.96. The fourth-order valence-corrected chi connectivity index (χ4v) is 4.62. The number of alkyl halides is 1. The number of hydrogen-bond acceptors (Lipinski definition) is 5. The van der Waals surface area contributed by atoms with Gasteiger partial charge in [-0.3, -0.25) is 9.47 Å². The Morgan fingerprint density at radius 3 is 2.52 bits per heavy atom. The summed E-state index contributed by atoms with van der Waals surface area (Å²) in [4.78, 5) is 6.39. The number of benzene rings is 1. The third-order valence-electron chi connectivity index (χ3n) is 5.93. The Kier molecular flexibility index (Phi) is 4.97. The van der Waals surface area contributed by atoms with Crippen molar-refractivity contribution in [3.63, 3.8) is 0 Å². The molecule has 6 nitrogen and oxygen atoms in total. The highest BCUT2D eigenvalue weighted by atomic mass is 35.5. The average molecular weight is 410 g/mol. The largest absolute Gasteiger partial charge is 0.474 e. The molecule has 1 aromatic carbocycles. The van der Waals surface area contributed by atoms with Crippen LogP contribution in [0.25, 0.3) is 5.69 Å². The number of rotatable bonds is 3. The van der Waals surface area contributed by atoms with Crippen LogP contribution in [-0.2, 0) is 6.54 Å². The first-order chi connectivity index (χ1) is 14.2. The Balaban J connectivity index is 1.40. The molecule has 0 bridgehead atoms. The predicted molar refractivity (Wildman–Crippen MR) is 111 cm³/mol. The number of aromatic nitrogens is 4. The van der Waals surface area contributed by atoms with Gasteiger partial charge in [-0.05, 0) is 50.4 Å². The number of fused-ring (bicyclic) bond motifs is 3. The summed E-state index contributed by atoms with van der Waals surface area (Å²) in [5.74, 6) is 2.88. The van der Waals surface area contributed by atoms with Crippen molar-refractivity contribution in [3.05, 3.63) is 65.9 Å². The van der Waals surface area contributed by atoms with Gasteiger partial charge in [0.1, 0.15) is 17.4 Å². The van der Waals surface area contributed by atoms with Crippen LogP contribution in [0.4, 0.5) is 0 Å². The van der Waals surface area contributed by atoms with Crippen LogP contribution in [0.3, 0.4) is 0 Å². The minimum Gasteiger partial charge on any atom is -0.474 e. The van der Waals surface area contributed by atoms with E-state index in [1.165, 1.54) is 5.56 Å². The van der Waals surface area contributed by atoms with Crippen LogP contribution in [0.2, 0.25) is 0 Å². The molecule has 0 saturated heterocycles. The van der Waals surface area contributed by atoms with Crippen LogP contribution >= 0.6 is 11.6 Å². The van der Waals surface area contributed by atoms with Gasteiger partial charge in [-0.15, -0.1) is 10.2 Å². The SMILES string of the molecule is CN1Cc2ccccc2-n2c(C3CCC(Oc4ccccn4)CC3)nnc2C1Cl. The maximum atomic E-state index is 6.73. The number of ether oxygens (including phenoxy) is 1. The van der Waals surface area contributed by atoms with E-state index in [0.29, 0.717) is 11.8 Å². The molecule has 1 aliphatic heterocycles. The molecule has 7 heteroatoms. The van der Waals surface area contributed by atoms with Crippen molar-refractivity contribution < 1.29 is 4.74 Å². The molecule has 2 aliphatic rings. The molecule has 0 N–H and O–H groups in total. The molecule has 5 rings (SSSR count). The van der Waals surface area contributed by atoms with Gasteiger partial charge >= 0.3 is 0 Å². The zero-order valence-electron chi connectivity index (χ0n) is 16.4. The lowest BCUT2D eigenvalue weighted by Gasteiger charge is -2.28. The zero-order valence-corrected chi connectivity index (χ0v) is 17.2.